The molecule has 0 saturated carbocycles. The van der Waals surface area contributed by atoms with E-state index >= 15 is 0 Å². The molecule has 3 heterocycles. The van der Waals surface area contributed by atoms with Gasteiger partial charge in [-0.15, -0.1) is 0 Å². The van der Waals surface area contributed by atoms with Crippen molar-refractivity contribution in [2.45, 2.75) is 44.4 Å². The molecule has 1 aromatic carbocycles. The number of rotatable bonds is 5. The summed E-state index contributed by atoms with van der Waals surface area (Å²) in [5.74, 6) is 0.210. The minimum atomic E-state index is -0.351. The van der Waals surface area contributed by atoms with Crippen molar-refractivity contribution in [2.75, 3.05) is 6.54 Å². The Morgan fingerprint density at radius 3 is 2.90 bits per heavy atom. The van der Waals surface area contributed by atoms with Crippen LogP contribution in [0.4, 0.5) is 0 Å². The van der Waals surface area contributed by atoms with Gasteiger partial charge >= 0.3 is 0 Å². The Balaban J connectivity index is 1.42. The molecule has 0 spiro atoms. The third kappa shape index (κ3) is 4.39. The normalized spacial score (nSPS) is 20.4. The number of nitrogens with one attached hydrogen (secondary N) is 1. The molecule has 0 bridgehead atoms. The van der Waals surface area contributed by atoms with Gasteiger partial charge in [-0.1, -0.05) is 23.7 Å². The molecular weight excluding hydrogens is 404 g/mol. The summed E-state index contributed by atoms with van der Waals surface area (Å²) in [6, 6.07) is 11.0. The minimum absolute atomic E-state index is 0.100. The van der Waals surface area contributed by atoms with Gasteiger partial charge in [0.1, 0.15) is 29.2 Å². The number of nitrogens with zero attached hydrogens (tertiary/aromatic N) is 3. The number of benzene rings is 1. The average Bonchev–Trinajstić information content (AvgIpc) is 3.13. The van der Waals surface area contributed by atoms with Crippen molar-refractivity contribution < 1.29 is 14.3 Å². The molecule has 2 aliphatic rings. The fourth-order valence-electron chi connectivity index (χ4n) is 3.95. The fraction of sp³-hybridized carbons (Fsp3) is 0.364. The van der Waals surface area contributed by atoms with E-state index in [-0.39, 0.29) is 35.2 Å². The first-order valence-corrected chi connectivity index (χ1v) is 10.3. The van der Waals surface area contributed by atoms with Gasteiger partial charge in [0.15, 0.2) is 0 Å². The molecule has 0 radical (unpaired) electrons. The Morgan fingerprint density at radius 1 is 1.33 bits per heavy atom. The predicted octanol–water partition coefficient (Wildman–Crippen LogP) is 3.07. The number of hydrogen-bond donors (Lipinski definition) is 1. The van der Waals surface area contributed by atoms with E-state index in [1.165, 1.54) is 12.3 Å². The number of halogens is 1. The highest BCUT2D eigenvalue weighted by atomic mass is 35.5. The van der Waals surface area contributed by atoms with Crippen LogP contribution >= 0.6 is 11.6 Å². The number of carbonyl (C=O) groups is 2. The van der Waals surface area contributed by atoms with E-state index in [4.69, 9.17) is 16.3 Å². The van der Waals surface area contributed by atoms with Gasteiger partial charge in [-0.05, 0) is 24.1 Å². The number of hydrogen-bond acceptors (Lipinski definition) is 5. The molecule has 1 aromatic heterocycles. The Bertz CT molecular complexity index is 1000. The first-order chi connectivity index (χ1) is 14.5. The molecule has 8 heteroatoms. The lowest BCUT2D eigenvalue weighted by atomic mass is 10.00. The smallest absolute Gasteiger partial charge is 0.270 e. The van der Waals surface area contributed by atoms with Crippen LogP contribution in [-0.4, -0.2) is 40.4 Å². The first kappa shape index (κ1) is 20.2. The zero-order valence-corrected chi connectivity index (χ0v) is 17.1. The van der Waals surface area contributed by atoms with Crippen LogP contribution in [0.25, 0.3) is 0 Å². The molecule has 4 rings (SSSR count). The first-order valence-electron chi connectivity index (χ1n) is 9.92. The van der Waals surface area contributed by atoms with Crippen LogP contribution in [0.15, 0.2) is 36.5 Å². The molecule has 0 aliphatic carbocycles. The molecule has 2 atom stereocenters. The summed E-state index contributed by atoms with van der Waals surface area (Å²) in [6.07, 6.45) is 4.13. The topological polar surface area (TPSA) is 95.3 Å². The third-order valence-corrected chi connectivity index (χ3v) is 5.81. The van der Waals surface area contributed by atoms with Crippen molar-refractivity contribution in [3.05, 3.63) is 58.4 Å². The summed E-state index contributed by atoms with van der Waals surface area (Å²) >= 11 is 5.88. The zero-order valence-electron chi connectivity index (χ0n) is 16.3. The Morgan fingerprint density at radius 2 is 2.13 bits per heavy atom. The van der Waals surface area contributed by atoms with Crippen LogP contribution in [0.5, 0.6) is 5.75 Å². The summed E-state index contributed by atoms with van der Waals surface area (Å²) < 4.78 is 6.09. The van der Waals surface area contributed by atoms with Gasteiger partial charge in [0.25, 0.3) is 5.91 Å². The van der Waals surface area contributed by atoms with E-state index < -0.39 is 0 Å². The molecule has 0 unspecified atom stereocenters. The molecule has 2 aromatic rings. The lowest BCUT2D eigenvalue weighted by molar-refractivity contribution is -0.130. The van der Waals surface area contributed by atoms with Crippen molar-refractivity contribution in [2.24, 2.45) is 0 Å². The maximum Gasteiger partial charge on any atom is 0.270 e. The van der Waals surface area contributed by atoms with E-state index in [0.29, 0.717) is 36.7 Å². The van der Waals surface area contributed by atoms with Crippen LogP contribution in [0, 0.1) is 11.3 Å². The molecule has 2 fully saturated rings. The minimum Gasteiger partial charge on any atom is -0.489 e. The third-order valence-electron chi connectivity index (χ3n) is 5.56. The Kier molecular flexibility index (Phi) is 5.86. The van der Waals surface area contributed by atoms with E-state index in [1.807, 2.05) is 17.0 Å². The summed E-state index contributed by atoms with van der Waals surface area (Å²) in [5.41, 5.74) is 1.39. The number of amides is 2. The number of pyridine rings is 1. The van der Waals surface area contributed by atoms with E-state index in [2.05, 4.69) is 16.4 Å². The number of fused-ring (bicyclic) bond motifs is 1. The Hall–Kier alpha value is -3.11. The molecule has 7 nitrogen and oxygen atoms in total. The molecule has 2 amide bonds. The second kappa shape index (κ2) is 8.72. The van der Waals surface area contributed by atoms with Crippen molar-refractivity contribution >= 4 is 23.4 Å². The highest BCUT2D eigenvalue weighted by molar-refractivity contribution is 6.30. The summed E-state index contributed by atoms with van der Waals surface area (Å²) in [5, 5.41) is 12.8. The van der Waals surface area contributed by atoms with Crippen LogP contribution in [0.3, 0.4) is 0 Å². The van der Waals surface area contributed by atoms with Crippen LogP contribution < -0.4 is 10.1 Å². The van der Waals surface area contributed by atoms with Gasteiger partial charge in [0.2, 0.25) is 5.91 Å². The molecule has 2 aliphatic heterocycles. The summed E-state index contributed by atoms with van der Waals surface area (Å²) in [4.78, 5) is 30.4. The van der Waals surface area contributed by atoms with Crippen LogP contribution in [0.1, 0.15) is 47.3 Å². The summed E-state index contributed by atoms with van der Waals surface area (Å²) in [7, 11) is 0. The number of ether oxygens (including phenoxy) is 1. The highest BCUT2D eigenvalue weighted by Crippen LogP contribution is 2.31. The molecule has 2 saturated heterocycles. The maximum atomic E-state index is 12.5. The van der Waals surface area contributed by atoms with Gasteiger partial charge in [-0.2, -0.15) is 5.26 Å². The van der Waals surface area contributed by atoms with Gasteiger partial charge in [0, 0.05) is 55.7 Å². The van der Waals surface area contributed by atoms with Crippen molar-refractivity contribution in [3.8, 4) is 11.8 Å². The molecule has 30 heavy (non-hydrogen) atoms. The van der Waals surface area contributed by atoms with Crippen molar-refractivity contribution in [3.63, 3.8) is 0 Å². The monoisotopic (exact) mass is 424 g/mol. The zero-order chi connectivity index (χ0) is 21.1. The Labute approximate surface area is 179 Å². The standard InChI is InChI=1S/C22H21ClN4O3/c23-16-3-1-14(2-4-16)12-26-22(29)19-10-20(15(11-24)13-25-19)30-18-7-8-27-17(9-18)5-6-21(27)28/h1-4,10,13,17-18H,5-9,12H2,(H,26,29)/t17-,18+/m1/s1. The second-order valence-corrected chi connectivity index (χ2v) is 7.97. The molecular formula is C22H21ClN4O3. The van der Waals surface area contributed by atoms with Crippen molar-refractivity contribution in [1.82, 2.24) is 15.2 Å². The van der Waals surface area contributed by atoms with Gasteiger partial charge < -0.3 is 15.0 Å². The average molecular weight is 425 g/mol. The number of aromatic nitrogens is 1. The number of nitriles is 1. The fourth-order valence-corrected chi connectivity index (χ4v) is 4.08. The van der Waals surface area contributed by atoms with Crippen molar-refractivity contribution in [1.29, 1.82) is 5.26 Å². The SMILES string of the molecule is N#Cc1cnc(C(=O)NCc2ccc(Cl)cc2)cc1O[C@H]1CCN2C(=O)CC[C@@H]2C1. The van der Waals surface area contributed by atoms with Gasteiger partial charge in [0.05, 0.1) is 0 Å². The van der Waals surface area contributed by atoms with E-state index in [0.717, 1.165) is 18.4 Å². The molecule has 154 valence electrons. The maximum absolute atomic E-state index is 12.5. The number of carbonyl (C=O) groups excluding carboxylic acids is 2. The second-order valence-electron chi connectivity index (χ2n) is 7.53. The molecule has 1 N–H and O–H groups in total. The number of piperidine rings is 1. The lowest BCUT2D eigenvalue weighted by Gasteiger charge is -2.35. The quantitative estimate of drug-likeness (QED) is 0.795. The highest BCUT2D eigenvalue weighted by Gasteiger charge is 2.37. The lowest BCUT2D eigenvalue weighted by Crippen LogP contribution is -2.44. The predicted molar refractivity (Wildman–Crippen MR) is 110 cm³/mol. The van der Waals surface area contributed by atoms with Gasteiger partial charge in [-0.25, -0.2) is 4.98 Å². The largest absolute Gasteiger partial charge is 0.489 e. The van der Waals surface area contributed by atoms with E-state index in [1.54, 1.807) is 12.1 Å². The summed E-state index contributed by atoms with van der Waals surface area (Å²) in [6.45, 7) is 0.998. The van der Waals surface area contributed by atoms with E-state index in [9.17, 15) is 14.9 Å². The van der Waals surface area contributed by atoms with Crippen LogP contribution in [-0.2, 0) is 11.3 Å². The van der Waals surface area contributed by atoms with Crippen LogP contribution in [0.2, 0.25) is 5.02 Å². The van der Waals surface area contributed by atoms with Gasteiger partial charge in [-0.3, -0.25) is 9.59 Å².